The van der Waals surface area contributed by atoms with Crippen LogP contribution in [0.1, 0.15) is 31.2 Å². The molecule has 0 heterocycles. The zero-order valence-corrected chi connectivity index (χ0v) is 17.9. The average molecular weight is 433 g/mol. The molecule has 1 N–H and O–H groups in total. The molecular weight excluding hydrogens is 408 g/mol. The van der Waals surface area contributed by atoms with Crippen LogP contribution < -0.4 is 9.62 Å². The number of rotatable bonds is 6. The van der Waals surface area contributed by atoms with E-state index in [0.717, 1.165) is 18.4 Å². The van der Waals surface area contributed by atoms with Gasteiger partial charge in [0.15, 0.2) is 0 Å². The number of amides is 1. The van der Waals surface area contributed by atoms with Crippen LogP contribution in [0.2, 0.25) is 5.02 Å². The molecule has 2 aliphatic carbocycles. The van der Waals surface area contributed by atoms with Gasteiger partial charge in [0.05, 0.1) is 10.6 Å². The maximum atomic E-state index is 13.4. The van der Waals surface area contributed by atoms with Gasteiger partial charge in [-0.05, 0) is 67.9 Å². The molecule has 4 rings (SSSR count). The highest BCUT2D eigenvalue weighted by Crippen LogP contribution is 2.44. The number of fused-ring (bicyclic) bond motifs is 2. The Bertz CT molecular complexity index is 1010. The van der Waals surface area contributed by atoms with E-state index in [1.54, 1.807) is 36.4 Å². The Morgan fingerprint density at radius 2 is 1.90 bits per heavy atom. The van der Waals surface area contributed by atoms with E-state index in [4.69, 9.17) is 11.6 Å². The molecule has 29 heavy (non-hydrogen) atoms. The third-order valence-corrected chi connectivity index (χ3v) is 8.15. The Morgan fingerprint density at radius 3 is 2.55 bits per heavy atom. The number of hydrogen-bond acceptors (Lipinski definition) is 3. The second-order valence-corrected chi connectivity index (χ2v) is 10.4. The molecule has 0 aromatic heterocycles. The lowest BCUT2D eigenvalue weighted by atomic mass is 9.95. The van der Waals surface area contributed by atoms with E-state index in [-0.39, 0.29) is 23.4 Å². The Balaban J connectivity index is 1.63. The fourth-order valence-corrected chi connectivity index (χ4v) is 6.34. The van der Waals surface area contributed by atoms with Gasteiger partial charge in [0.25, 0.3) is 10.0 Å². The van der Waals surface area contributed by atoms with E-state index in [2.05, 4.69) is 5.32 Å². The molecule has 2 saturated carbocycles. The van der Waals surface area contributed by atoms with Gasteiger partial charge in [-0.25, -0.2) is 8.42 Å². The van der Waals surface area contributed by atoms with Crippen LogP contribution in [0.25, 0.3) is 0 Å². The summed E-state index contributed by atoms with van der Waals surface area (Å²) in [6.45, 7) is 1.54. The summed E-state index contributed by atoms with van der Waals surface area (Å²) in [5.74, 6) is 0.946. The van der Waals surface area contributed by atoms with Crippen molar-refractivity contribution in [1.82, 2.24) is 5.32 Å². The number of nitrogens with zero attached hydrogens (tertiary/aromatic N) is 1. The number of anilines is 1. The van der Waals surface area contributed by atoms with Crippen molar-refractivity contribution in [2.24, 2.45) is 11.8 Å². The number of hydrogen-bond donors (Lipinski definition) is 1. The number of nitrogens with one attached hydrogen (secondary N) is 1. The highest BCUT2D eigenvalue weighted by atomic mass is 35.5. The number of aryl methyl sites for hydroxylation is 1. The van der Waals surface area contributed by atoms with Gasteiger partial charge in [-0.1, -0.05) is 42.3 Å². The number of benzene rings is 2. The van der Waals surface area contributed by atoms with Gasteiger partial charge in [-0.2, -0.15) is 0 Å². The van der Waals surface area contributed by atoms with Crippen LogP contribution in [0.5, 0.6) is 0 Å². The molecule has 0 unspecified atom stereocenters. The summed E-state index contributed by atoms with van der Waals surface area (Å²) in [5, 5.41) is 3.51. The van der Waals surface area contributed by atoms with E-state index >= 15 is 0 Å². The molecule has 5 nitrogen and oxygen atoms in total. The fourth-order valence-electron chi connectivity index (χ4n) is 4.67. The Kier molecular flexibility index (Phi) is 5.58. The summed E-state index contributed by atoms with van der Waals surface area (Å²) < 4.78 is 28.0. The van der Waals surface area contributed by atoms with Crippen molar-refractivity contribution in [3.8, 4) is 0 Å². The molecule has 0 saturated heterocycles. The van der Waals surface area contributed by atoms with Crippen molar-refractivity contribution < 1.29 is 13.2 Å². The fraction of sp³-hybridized carbons (Fsp3) is 0.409. The number of carbonyl (C=O) groups excluding carboxylic acids is 1. The quantitative estimate of drug-likeness (QED) is 0.745. The molecular formula is C22H25ClN2O3S. The Morgan fingerprint density at radius 1 is 1.14 bits per heavy atom. The molecule has 2 fully saturated rings. The monoisotopic (exact) mass is 432 g/mol. The van der Waals surface area contributed by atoms with Gasteiger partial charge < -0.3 is 5.32 Å². The normalized spacial score (nSPS) is 23.2. The smallest absolute Gasteiger partial charge is 0.264 e. The van der Waals surface area contributed by atoms with Crippen molar-refractivity contribution in [2.75, 3.05) is 10.8 Å². The summed E-state index contributed by atoms with van der Waals surface area (Å²) in [6.07, 6.45) is 4.56. The largest absolute Gasteiger partial charge is 0.352 e. The maximum Gasteiger partial charge on any atom is 0.264 e. The topological polar surface area (TPSA) is 66.5 Å². The molecule has 0 aliphatic heterocycles. The molecule has 2 bridgehead atoms. The van der Waals surface area contributed by atoms with Crippen molar-refractivity contribution >= 4 is 33.2 Å². The predicted molar refractivity (Wildman–Crippen MR) is 115 cm³/mol. The summed E-state index contributed by atoms with van der Waals surface area (Å²) in [6, 6.07) is 13.4. The number of carbonyl (C=O) groups is 1. The third-order valence-electron chi connectivity index (χ3n) is 6.14. The zero-order valence-electron chi connectivity index (χ0n) is 16.3. The predicted octanol–water partition coefficient (Wildman–Crippen LogP) is 4.15. The molecule has 2 aromatic carbocycles. The molecule has 154 valence electrons. The van der Waals surface area contributed by atoms with Crippen molar-refractivity contribution in [3.05, 3.63) is 59.1 Å². The maximum absolute atomic E-state index is 13.4. The van der Waals surface area contributed by atoms with Crippen molar-refractivity contribution in [2.45, 2.75) is 43.5 Å². The second kappa shape index (κ2) is 8.00. The van der Waals surface area contributed by atoms with Gasteiger partial charge >= 0.3 is 0 Å². The molecule has 1 amide bonds. The summed E-state index contributed by atoms with van der Waals surface area (Å²) >= 11 is 6.15. The summed E-state index contributed by atoms with van der Waals surface area (Å²) in [5.41, 5.74) is 1.16. The molecule has 7 heteroatoms. The van der Waals surface area contributed by atoms with Gasteiger partial charge in [-0.3, -0.25) is 9.10 Å². The Labute approximate surface area is 177 Å². The van der Waals surface area contributed by atoms with Crippen LogP contribution in [0.15, 0.2) is 53.4 Å². The number of sulfonamides is 1. The molecule has 0 spiro atoms. The van der Waals surface area contributed by atoms with E-state index in [1.807, 2.05) is 6.92 Å². The van der Waals surface area contributed by atoms with Gasteiger partial charge in [-0.15, -0.1) is 0 Å². The van der Waals surface area contributed by atoms with Crippen LogP contribution in [-0.2, 0) is 14.8 Å². The SMILES string of the molecule is Cc1ccc(Cl)cc1N(CC(=O)N[C@@H]1C[C@H]2CC[C@@H]1C2)S(=O)(=O)c1ccccc1. The van der Waals surface area contributed by atoms with Gasteiger partial charge in [0.1, 0.15) is 6.54 Å². The number of halogens is 1. The summed E-state index contributed by atoms with van der Waals surface area (Å²) in [4.78, 5) is 13.0. The molecule has 3 atom stereocenters. The minimum atomic E-state index is -3.92. The standard InChI is InChI=1S/C22H25ClN2O3S/c1-15-7-10-18(23)13-21(15)25(29(27,28)19-5-3-2-4-6-19)14-22(26)24-20-12-16-8-9-17(20)11-16/h2-7,10,13,16-17,20H,8-9,11-12,14H2,1H3,(H,24,26)/t16-,17+,20+/m0/s1. The van der Waals surface area contributed by atoms with Crippen LogP contribution in [0.3, 0.4) is 0 Å². The zero-order chi connectivity index (χ0) is 20.6. The van der Waals surface area contributed by atoms with Crippen LogP contribution in [0, 0.1) is 18.8 Å². The van der Waals surface area contributed by atoms with E-state index in [1.165, 1.54) is 29.3 Å². The van der Waals surface area contributed by atoms with Crippen molar-refractivity contribution in [1.29, 1.82) is 0 Å². The third kappa shape index (κ3) is 4.14. The van der Waals surface area contributed by atoms with E-state index in [0.29, 0.717) is 22.5 Å². The van der Waals surface area contributed by atoms with Crippen LogP contribution in [-0.4, -0.2) is 26.9 Å². The van der Waals surface area contributed by atoms with Crippen LogP contribution >= 0.6 is 11.6 Å². The van der Waals surface area contributed by atoms with Gasteiger partial charge in [0, 0.05) is 11.1 Å². The van der Waals surface area contributed by atoms with E-state index in [9.17, 15) is 13.2 Å². The van der Waals surface area contributed by atoms with E-state index < -0.39 is 10.0 Å². The lowest BCUT2D eigenvalue weighted by molar-refractivity contribution is -0.120. The summed E-state index contributed by atoms with van der Waals surface area (Å²) in [7, 11) is -3.92. The minimum absolute atomic E-state index is 0.145. The first kappa shape index (κ1) is 20.2. The first-order chi connectivity index (χ1) is 13.8. The van der Waals surface area contributed by atoms with Gasteiger partial charge in [0.2, 0.25) is 5.91 Å². The molecule has 0 radical (unpaired) electrons. The first-order valence-electron chi connectivity index (χ1n) is 9.98. The Hall–Kier alpha value is -2.05. The second-order valence-electron chi connectivity index (χ2n) is 8.10. The van der Waals surface area contributed by atoms with Crippen molar-refractivity contribution in [3.63, 3.8) is 0 Å². The highest BCUT2D eigenvalue weighted by molar-refractivity contribution is 7.92. The lowest BCUT2D eigenvalue weighted by Gasteiger charge is -2.28. The minimum Gasteiger partial charge on any atom is -0.352 e. The van der Waals surface area contributed by atoms with Crippen LogP contribution in [0.4, 0.5) is 5.69 Å². The highest BCUT2D eigenvalue weighted by Gasteiger charge is 2.40. The first-order valence-corrected chi connectivity index (χ1v) is 11.8. The molecule has 2 aromatic rings. The average Bonchev–Trinajstić information content (AvgIpc) is 3.32. The molecule has 2 aliphatic rings. The lowest BCUT2D eigenvalue weighted by Crippen LogP contribution is -2.46.